The topological polar surface area (TPSA) is 44.1 Å². The van der Waals surface area contributed by atoms with E-state index in [1.54, 1.807) is 11.7 Å². The molecule has 120 valence electrons. The van der Waals surface area contributed by atoms with Crippen molar-refractivity contribution >= 4 is 21.6 Å². The fourth-order valence-electron chi connectivity index (χ4n) is 2.69. The number of fused-ring (bicyclic) bond motifs is 1. The third-order valence-electron chi connectivity index (χ3n) is 4.02. The Morgan fingerprint density at radius 2 is 2.00 bits per heavy atom. The second kappa shape index (κ2) is 6.54. The molecule has 0 N–H and O–H groups in total. The van der Waals surface area contributed by atoms with E-state index in [1.165, 1.54) is 11.3 Å². The Hall–Kier alpha value is -2.14. The highest BCUT2D eigenvalue weighted by Crippen LogP contribution is 2.31. The summed E-state index contributed by atoms with van der Waals surface area (Å²) in [5.41, 5.74) is 2.03. The summed E-state index contributed by atoms with van der Waals surface area (Å²) >= 11 is 1.52. The molecule has 0 radical (unpaired) electrons. The number of nitrogens with zero attached hydrogens (tertiary/aromatic N) is 2. The van der Waals surface area contributed by atoms with E-state index in [4.69, 9.17) is 4.74 Å². The lowest BCUT2D eigenvalue weighted by molar-refractivity contribution is 0.415. The quantitative estimate of drug-likeness (QED) is 0.703. The standard InChI is InChI=1S/C18H20N2O2S/c1-4-5-10-20-12(2)19-17-16(18(20)21)15(11-23-17)13-6-8-14(22-3)9-7-13/h6-9,11H,4-5,10H2,1-3H3. The van der Waals surface area contributed by atoms with E-state index in [0.717, 1.165) is 52.3 Å². The predicted molar refractivity (Wildman–Crippen MR) is 95.5 cm³/mol. The summed E-state index contributed by atoms with van der Waals surface area (Å²) in [5, 5.41) is 2.74. The lowest BCUT2D eigenvalue weighted by atomic mass is 10.1. The normalized spacial score (nSPS) is 11.1. The van der Waals surface area contributed by atoms with Crippen molar-refractivity contribution in [2.75, 3.05) is 7.11 Å². The molecule has 0 bridgehead atoms. The highest BCUT2D eigenvalue weighted by atomic mass is 32.1. The van der Waals surface area contributed by atoms with Crippen LogP contribution in [0, 0.1) is 6.92 Å². The number of benzene rings is 1. The van der Waals surface area contributed by atoms with Crippen LogP contribution in [0.1, 0.15) is 25.6 Å². The predicted octanol–water partition coefficient (Wildman–Crippen LogP) is 4.24. The maximum Gasteiger partial charge on any atom is 0.262 e. The highest BCUT2D eigenvalue weighted by molar-refractivity contribution is 7.17. The van der Waals surface area contributed by atoms with Crippen LogP contribution in [0.2, 0.25) is 0 Å². The van der Waals surface area contributed by atoms with Crippen molar-refractivity contribution in [3.63, 3.8) is 0 Å². The second-order valence-corrected chi connectivity index (χ2v) is 6.39. The van der Waals surface area contributed by atoms with Gasteiger partial charge in [-0.3, -0.25) is 9.36 Å². The van der Waals surface area contributed by atoms with Crippen molar-refractivity contribution in [3.8, 4) is 16.9 Å². The molecule has 5 heteroatoms. The van der Waals surface area contributed by atoms with Crippen LogP contribution in [0.15, 0.2) is 34.4 Å². The van der Waals surface area contributed by atoms with Gasteiger partial charge in [-0.15, -0.1) is 11.3 Å². The number of ether oxygens (including phenoxy) is 1. The minimum Gasteiger partial charge on any atom is -0.497 e. The Morgan fingerprint density at radius 1 is 1.26 bits per heavy atom. The average molecular weight is 328 g/mol. The fraction of sp³-hybridized carbons (Fsp3) is 0.333. The first-order valence-electron chi connectivity index (χ1n) is 7.78. The molecule has 0 saturated heterocycles. The molecule has 0 aliphatic rings. The highest BCUT2D eigenvalue weighted by Gasteiger charge is 2.15. The first-order chi connectivity index (χ1) is 11.2. The molecule has 2 aromatic heterocycles. The summed E-state index contributed by atoms with van der Waals surface area (Å²) in [7, 11) is 1.65. The van der Waals surface area contributed by atoms with E-state index in [-0.39, 0.29) is 5.56 Å². The molecule has 0 unspecified atom stereocenters. The van der Waals surface area contributed by atoms with Crippen LogP contribution in [0.4, 0.5) is 0 Å². The molecule has 3 aromatic rings. The van der Waals surface area contributed by atoms with Crippen LogP contribution in [0.25, 0.3) is 21.3 Å². The maximum absolute atomic E-state index is 12.9. The van der Waals surface area contributed by atoms with Gasteiger partial charge in [0, 0.05) is 17.5 Å². The van der Waals surface area contributed by atoms with Crippen LogP contribution >= 0.6 is 11.3 Å². The van der Waals surface area contributed by atoms with Gasteiger partial charge in [0.2, 0.25) is 0 Å². The molecule has 2 heterocycles. The van der Waals surface area contributed by atoms with Crippen molar-refractivity contribution in [2.24, 2.45) is 0 Å². The van der Waals surface area contributed by atoms with Crippen LogP contribution in [0.3, 0.4) is 0 Å². The molecule has 1 aromatic carbocycles. The molecule has 0 amide bonds. The van der Waals surface area contributed by atoms with Crippen molar-refractivity contribution < 1.29 is 4.74 Å². The minimum atomic E-state index is 0.0630. The van der Waals surface area contributed by atoms with Gasteiger partial charge in [0.15, 0.2) is 0 Å². The van der Waals surface area contributed by atoms with Gasteiger partial charge in [0.25, 0.3) is 5.56 Å². The summed E-state index contributed by atoms with van der Waals surface area (Å²) in [5.74, 6) is 1.60. The zero-order chi connectivity index (χ0) is 16.4. The van der Waals surface area contributed by atoms with Gasteiger partial charge >= 0.3 is 0 Å². The van der Waals surface area contributed by atoms with E-state index < -0.39 is 0 Å². The number of aromatic nitrogens is 2. The van der Waals surface area contributed by atoms with Crippen molar-refractivity contribution in [3.05, 3.63) is 45.8 Å². The number of hydrogen-bond acceptors (Lipinski definition) is 4. The lowest BCUT2D eigenvalue weighted by Gasteiger charge is -2.09. The van der Waals surface area contributed by atoms with E-state index in [1.807, 2.05) is 36.6 Å². The Balaban J connectivity index is 2.16. The Bertz CT molecular complexity index is 878. The molecule has 0 aliphatic carbocycles. The lowest BCUT2D eigenvalue weighted by Crippen LogP contribution is -2.23. The van der Waals surface area contributed by atoms with Crippen LogP contribution < -0.4 is 10.3 Å². The molecule has 0 spiro atoms. The van der Waals surface area contributed by atoms with Crippen LogP contribution in [-0.4, -0.2) is 16.7 Å². The fourth-order valence-corrected chi connectivity index (χ4v) is 3.67. The number of aryl methyl sites for hydroxylation is 1. The first kappa shape index (κ1) is 15.7. The molecule has 0 aliphatic heterocycles. The molecule has 0 fully saturated rings. The molecule has 0 saturated carbocycles. The van der Waals surface area contributed by atoms with Crippen LogP contribution in [0.5, 0.6) is 5.75 Å². The van der Waals surface area contributed by atoms with Gasteiger partial charge in [-0.2, -0.15) is 0 Å². The van der Waals surface area contributed by atoms with Gasteiger partial charge in [-0.05, 0) is 31.0 Å². The second-order valence-electron chi connectivity index (χ2n) is 5.53. The number of rotatable bonds is 5. The number of hydrogen-bond donors (Lipinski definition) is 0. The van der Waals surface area contributed by atoms with Gasteiger partial charge in [-0.1, -0.05) is 25.5 Å². The maximum atomic E-state index is 12.9. The summed E-state index contributed by atoms with van der Waals surface area (Å²) < 4.78 is 7.00. The molecular weight excluding hydrogens is 308 g/mol. The van der Waals surface area contributed by atoms with Crippen molar-refractivity contribution in [1.82, 2.24) is 9.55 Å². The summed E-state index contributed by atoms with van der Waals surface area (Å²) in [4.78, 5) is 18.4. The Labute approximate surface area is 139 Å². The van der Waals surface area contributed by atoms with E-state index in [2.05, 4.69) is 11.9 Å². The van der Waals surface area contributed by atoms with Crippen LogP contribution in [-0.2, 0) is 6.54 Å². The number of unbranched alkanes of at least 4 members (excludes halogenated alkanes) is 1. The van der Waals surface area contributed by atoms with Crippen molar-refractivity contribution in [2.45, 2.75) is 33.2 Å². The molecule has 4 nitrogen and oxygen atoms in total. The van der Waals surface area contributed by atoms with E-state index in [0.29, 0.717) is 0 Å². The largest absolute Gasteiger partial charge is 0.497 e. The van der Waals surface area contributed by atoms with Gasteiger partial charge in [0.1, 0.15) is 16.4 Å². The minimum absolute atomic E-state index is 0.0630. The van der Waals surface area contributed by atoms with E-state index >= 15 is 0 Å². The monoisotopic (exact) mass is 328 g/mol. The zero-order valence-electron chi connectivity index (χ0n) is 13.6. The Kier molecular flexibility index (Phi) is 4.48. The Morgan fingerprint density at radius 3 is 2.65 bits per heavy atom. The third kappa shape index (κ3) is 2.88. The van der Waals surface area contributed by atoms with Gasteiger partial charge in [-0.25, -0.2) is 4.98 Å². The third-order valence-corrected chi connectivity index (χ3v) is 4.89. The van der Waals surface area contributed by atoms with Gasteiger partial charge < -0.3 is 4.74 Å². The number of methoxy groups -OCH3 is 1. The van der Waals surface area contributed by atoms with E-state index in [9.17, 15) is 4.79 Å². The van der Waals surface area contributed by atoms with Crippen molar-refractivity contribution in [1.29, 1.82) is 0 Å². The molecule has 0 atom stereocenters. The summed E-state index contributed by atoms with van der Waals surface area (Å²) in [6, 6.07) is 7.79. The first-order valence-corrected chi connectivity index (χ1v) is 8.66. The molecule has 3 rings (SSSR count). The smallest absolute Gasteiger partial charge is 0.262 e. The average Bonchev–Trinajstić information content (AvgIpc) is 2.98. The molecular formula is C18H20N2O2S. The SMILES string of the molecule is CCCCn1c(C)nc2scc(-c3ccc(OC)cc3)c2c1=O. The zero-order valence-corrected chi connectivity index (χ0v) is 14.4. The summed E-state index contributed by atoms with van der Waals surface area (Å²) in [6.07, 6.45) is 2.04. The number of thiophene rings is 1. The molecule has 23 heavy (non-hydrogen) atoms. The summed E-state index contributed by atoms with van der Waals surface area (Å²) in [6.45, 7) is 4.75. The van der Waals surface area contributed by atoms with Gasteiger partial charge in [0.05, 0.1) is 12.5 Å².